The summed E-state index contributed by atoms with van der Waals surface area (Å²) in [7, 11) is 0. The molecule has 0 aliphatic rings. The van der Waals surface area contributed by atoms with Gasteiger partial charge in [0.05, 0.1) is 18.7 Å². The molecular formula is C21H23BrN2O3S. The Bertz CT molecular complexity index is 828. The highest BCUT2D eigenvalue weighted by Gasteiger charge is 2.10. The van der Waals surface area contributed by atoms with Crippen LogP contribution >= 0.6 is 28.1 Å². The van der Waals surface area contributed by atoms with Gasteiger partial charge in [-0.1, -0.05) is 36.4 Å². The van der Waals surface area contributed by atoms with Crippen LogP contribution in [0.3, 0.4) is 0 Å². The third-order valence-corrected chi connectivity index (χ3v) is 4.76. The molecule has 2 rings (SSSR count). The average Bonchev–Trinajstić information content (AvgIpc) is 2.66. The predicted molar refractivity (Wildman–Crippen MR) is 118 cm³/mol. The molecule has 0 unspecified atom stereocenters. The van der Waals surface area contributed by atoms with Crippen LogP contribution in [0.25, 0.3) is 0 Å². The number of amides is 1. The summed E-state index contributed by atoms with van der Waals surface area (Å²) < 4.78 is 6.02. The maximum atomic E-state index is 11.9. The second-order valence-electron chi connectivity index (χ2n) is 6.30. The lowest BCUT2D eigenvalue weighted by molar-refractivity contribution is -0.145. The second-order valence-corrected chi connectivity index (χ2v) is 7.56. The first-order valence-electron chi connectivity index (χ1n) is 9.00. The summed E-state index contributed by atoms with van der Waals surface area (Å²) in [5.41, 5.74) is 3.07. The third-order valence-electron chi connectivity index (χ3n) is 3.90. The van der Waals surface area contributed by atoms with E-state index in [4.69, 9.17) is 17.0 Å². The van der Waals surface area contributed by atoms with Crippen molar-refractivity contribution in [2.45, 2.75) is 32.6 Å². The first-order valence-corrected chi connectivity index (χ1v) is 10.2. The number of carbonyl (C=O) groups excluding carboxylic acids is 2. The minimum atomic E-state index is -0.386. The number of hydrogen-bond acceptors (Lipinski definition) is 4. The van der Waals surface area contributed by atoms with Crippen molar-refractivity contribution in [3.8, 4) is 0 Å². The van der Waals surface area contributed by atoms with Crippen LogP contribution in [-0.4, -0.2) is 23.6 Å². The minimum absolute atomic E-state index is 0.0218. The molecule has 0 heterocycles. The lowest BCUT2D eigenvalue weighted by Crippen LogP contribution is -2.34. The number of esters is 1. The molecule has 28 heavy (non-hydrogen) atoms. The van der Waals surface area contributed by atoms with Crippen molar-refractivity contribution in [3.63, 3.8) is 0 Å². The van der Waals surface area contributed by atoms with Gasteiger partial charge in [-0.05, 0) is 71.2 Å². The minimum Gasteiger partial charge on any atom is -0.466 e. The monoisotopic (exact) mass is 462 g/mol. The van der Waals surface area contributed by atoms with Crippen LogP contribution in [0.15, 0.2) is 53.0 Å². The van der Waals surface area contributed by atoms with Gasteiger partial charge < -0.3 is 15.4 Å². The summed E-state index contributed by atoms with van der Waals surface area (Å²) >= 11 is 8.58. The largest absolute Gasteiger partial charge is 0.466 e. The predicted octanol–water partition coefficient (Wildman–Crippen LogP) is 4.53. The number of benzene rings is 2. The molecule has 148 valence electrons. The van der Waals surface area contributed by atoms with Crippen LogP contribution in [-0.2, 0) is 20.7 Å². The maximum Gasteiger partial charge on any atom is 0.306 e. The Balaban J connectivity index is 1.61. The Kier molecular flexibility index (Phi) is 9.10. The number of nitrogens with one attached hydrogen (secondary N) is 2. The number of rotatable bonds is 8. The molecule has 5 nitrogen and oxygen atoms in total. The summed E-state index contributed by atoms with van der Waals surface area (Å²) in [4.78, 5) is 23.7. The highest BCUT2D eigenvalue weighted by atomic mass is 79.9. The first kappa shape index (κ1) is 22.0. The van der Waals surface area contributed by atoms with Crippen LogP contribution in [0, 0.1) is 6.92 Å². The zero-order valence-electron chi connectivity index (χ0n) is 15.7. The Morgan fingerprint density at radius 2 is 1.86 bits per heavy atom. The van der Waals surface area contributed by atoms with Crippen molar-refractivity contribution in [1.29, 1.82) is 0 Å². The highest BCUT2D eigenvalue weighted by molar-refractivity contribution is 9.10. The fourth-order valence-corrected chi connectivity index (χ4v) is 3.28. The smallest absolute Gasteiger partial charge is 0.306 e. The topological polar surface area (TPSA) is 67.4 Å². The molecule has 2 aromatic rings. The van der Waals surface area contributed by atoms with E-state index in [9.17, 15) is 9.59 Å². The lowest BCUT2D eigenvalue weighted by atomic mass is 10.1. The van der Waals surface area contributed by atoms with Gasteiger partial charge in [0.2, 0.25) is 5.91 Å². The molecule has 0 aliphatic carbocycles. The number of halogens is 1. The molecule has 2 aromatic carbocycles. The van der Waals surface area contributed by atoms with E-state index in [-0.39, 0.29) is 29.8 Å². The van der Waals surface area contributed by atoms with Gasteiger partial charge in [0.25, 0.3) is 0 Å². The molecule has 0 radical (unpaired) electrons. The molecule has 2 N–H and O–H groups in total. The Morgan fingerprint density at radius 1 is 1.11 bits per heavy atom. The fourth-order valence-electron chi connectivity index (χ4n) is 2.46. The number of aryl methyl sites for hydroxylation is 2. The number of carbonyl (C=O) groups is 2. The van der Waals surface area contributed by atoms with E-state index >= 15 is 0 Å². The van der Waals surface area contributed by atoms with E-state index in [0.717, 1.165) is 28.6 Å². The highest BCUT2D eigenvalue weighted by Crippen LogP contribution is 2.23. The normalized spacial score (nSPS) is 10.2. The molecule has 0 spiro atoms. The van der Waals surface area contributed by atoms with E-state index in [1.54, 1.807) is 0 Å². The summed E-state index contributed by atoms with van der Waals surface area (Å²) in [6.07, 6.45) is 1.65. The van der Waals surface area contributed by atoms with E-state index in [0.29, 0.717) is 6.61 Å². The van der Waals surface area contributed by atoms with Crippen LogP contribution in [0.4, 0.5) is 5.69 Å². The number of ether oxygens (including phenoxy) is 1. The van der Waals surface area contributed by atoms with Crippen molar-refractivity contribution < 1.29 is 14.3 Å². The molecule has 0 fully saturated rings. The van der Waals surface area contributed by atoms with E-state index < -0.39 is 0 Å². The summed E-state index contributed by atoms with van der Waals surface area (Å²) in [5.74, 6) is -0.717. The number of thiocarbonyl (C=S) groups is 1. The zero-order valence-corrected chi connectivity index (χ0v) is 18.1. The molecule has 0 bridgehead atoms. The van der Waals surface area contributed by atoms with Crippen LogP contribution in [0.5, 0.6) is 0 Å². The summed E-state index contributed by atoms with van der Waals surface area (Å²) in [6, 6.07) is 15.8. The molecule has 0 atom stereocenters. The fraction of sp³-hybridized carbons (Fsp3) is 0.286. The molecule has 0 saturated heterocycles. The molecule has 1 amide bonds. The van der Waals surface area contributed by atoms with Crippen molar-refractivity contribution in [3.05, 3.63) is 64.1 Å². The van der Waals surface area contributed by atoms with Crippen molar-refractivity contribution in [1.82, 2.24) is 5.32 Å². The Hall–Kier alpha value is -2.25. The van der Waals surface area contributed by atoms with Crippen molar-refractivity contribution in [2.24, 2.45) is 0 Å². The standard InChI is InChI=1S/C21H23BrN2O3S/c1-15-9-10-18(17(22)14-15)23-21(28)24-19(25)11-12-20(26)27-13-5-8-16-6-3-2-4-7-16/h2-4,6-7,9-10,14H,5,8,11-13H2,1H3,(H2,23,24,25,28). The molecule has 0 aliphatic heterocycles. The van der Waals surface area contributed by atoms with Crippen LogP contribution in [0.2, 0.25) is 0 Å². The number of anilines is 1. The maximum absolute atomic E-state index is 11.9. The van der Waals surface area contributed by atoms with Crippen molar-refractivity contribution in [2.75, 3.05) is 11.9 Å². The van der Waals surface area contributed by atoms with Gasteiger partial charge in [-0.15, -0.1) is 0 Å². The van der Waals surface area contributed by atoms with Gasteiger partial charge >= 0.3 is 5.97 Å². The average molecular weight is 463 g/mol. The molecule has 0 saturated carbocycles. The van der Waals surface area contributed by atoms with E-state index in [1.165, 1.54) is 5.56 Å². The number of hydrogen-bond donors (Lipinski definition) is 2. The second kappa shape index (κ2) is 11.6. The Labute approximate surface area is 179 Å². The summed E-state index contributed by atoms with van der Waals surface area (Å²) in [5, 5.41) is 5.70. The van der Waals surface area contributed by atoms with Crippen LogP contribution < -0.4 is 10.6 Å². The third kappa shape index (κ3) is 8.19. The zero-order chi connectivity index (χ0) is 20.4. The van der Waals surface area contributed by atoms with Gasteiger partial charge in [0.1, 0.15) is 0 Å². The van der Waals surface area contributed by atoms with Gasteiger partial charge in [0.15, 0.2) is 5.11 Å². The lowest BCUT2D eigenvalue weighted by Gasteiger charge is -2.11. The molecule has 0 aromatic heterocycles. The quantitative estimate of drug-likeness (QED) is 0.342. The first-order chi connectivity index (χ1) is 13.4. The summed E-state index contributed by atoms with van der Waals surface area (Å²) in [6.45, 7) is 2.33. The SMILES string of the molecule is Cc1ccc(NC(=S)NC(=O)CCC(=O)OCCCc2ccccc2)c(Br)c1. The van der Waals surface area contributed by atoms with Gasteiger partial charge in [-0.2, -0.15) is 0 Å². The molecule has 7 heteroatoms. The van der Waals surface area contributed by atoms with E-state index in [1.807, 2.05) is 55.5 Å². The molecular weight excluding hydrogens is 440 g/mol. The van der Waals surface area contributed by atoms with Crippen molar-refractivity contribution >= 4 is 50.8 Å². The van der Waals surface area contributed by atoms with Crippen LogP contribution in [0.1, 0.15) is 30.4 Å². The van der Waals surface area contributed by atoms with E-state index in [2.05, 4.69) is 26.6 Å². The van der Waals surface area contributed by atoms with Gasteiger partial charge in [-0.25, -0.2) is 0 Å². The Morgan fingerprint density at radius 3 is 2.57 bits per heavy atom. The van der Waals surface area contributed by atoms with Gasteiger partial charge in [-0.3, -0.25) is 9.59 Å². The van der Waals surface area contributed by atoms with Gasteiger partial charge in [0, 0.05) is 10.9 Å².